The zero-order chi connectivity index (χ0) is 18.4. The van der Waals surface area contributed by atoms with E-state index in [4.69, 9.17) is 4.74 Å². The quantitative estimate of drug-likeness (QED) is 0.834. The highest BCUT2D eigenvalue weighted by Gasteiger charge is 2.27. The van der Waals surface area contributed by atoms with Gasteiger partial charge < -0.3 is 15.0 Å². The fourth-order valence-electron chi connectivity index (χ4n) is 2.84. The third-order valence-corrected chi connectivity index (χ3v) is 4.09. The second-order valence-electron chi connectivity index (χ2n) is 6.11. The number of ether oxygens (including phenoxy) is 1. The van der Waals surface area contributed by atoms with Gasteiger partial charge in [0, 0.05) is 25.0 Å². The van der Waals surface area contributed by atoms with Gasteiger partial charge in [-0.05, 0) is 43.2 Å². The molecule has 0 spiro atoms. The molecule has 2 heterocycles. The number of carbonyl (C=O) groups excluding carboxylic acids is 2. The van der Waals surface area contributed by atoms with E-state index in [2.05, 4.69) is 10.3 Å². The van der Waals surface area contributed by atoms with Gasteiger partial charge in [-0.1, -0.05) is 12.1 Å². The van der Waals surface area contributed by atoms with Crippen LogP contribution in [0.5, 0.6) is 0 Å². The van der Waals surface area contributed by atoms with Gasteiger partial charge in [-0.25, -0.2) is 4.39 Å². The molecule has 3 rings (SSSR count). The molecule has 1 aliphatic rings. The fourth-order valence-corrected chi connectivity index (χ4v) is 2.84. The first-order chi connectivity index (χ1) is 12.6. The number of anilines is 1. The molecule has 2 amide bonds. The number of nitrogens with one attached hydrogen (secondary N) is 1. The van der Waals surface area contributed by atoms with Crippen molar-refractivity contribution in [3.05, 3.63) is 60.2 Å². The molecule has 1 unspecified atom stereocenters. The van der Waals surface area contributed by atoms with Crippen LogP contribution in [-0.2, 0) is 20.9 Å². The molecular formula is C19H20FN3O3. The number of carbonyl (C=O) groups is 2. The Hall–Kier alpha value is -2.80. The summed E-state index contributed by atoms with van der Waals surface area (Å²) in [5.74, 6) is -2.00. The number of rotatable bonds is 5. The molecule has 0 saturated carbocycles. The predicted molar refractivity (Wildman–Crippen MR) is 93.7 cm³/mol. The van der Waals surface area contributed by atoms with Crippen LogP contribution >= 0.6 is 0 Å². The van der Waals surface area contributed by atoms with Crippen LogP contribution in [0.1, 0.15) is 18.5 Å². The van der Waals surface area contributed by atoms with E-state index < -0.39 is 17.6 Å². The predicted octanol–water partition coefficient (Wildman–Crippen LogP) is 2.37. The summed E-state index contributed by atoms with van der Waals surface area (Å²) in [5.41, 5.74) is 0.913. The molecule has 0 bridgehead atoms. The van der Waals surface area contributed by atoms with Crippen molar-refractivity contribution in [2.45, 2.75) is 25.5 Å². The van der Waals surface area contributed by atoms with Crippen molar-refractivity contribution in [1.29, 1.82) is 0 Å². The van der Waals surface area contributed by atoms with Crippen LogP contribution in [0.4, 0.5) is 10.1 Å². The zero-order valence-electron chi connectivity index (χ0n) is 14.2. The lowest BCUT2D eigenvalue weighted by Gasteiger charge is -2.24. The first-order valence-corrected chi connectivity index (χ1v) is 8.49. The van der Waals surface area contributed by atoms with Crippen LogP contribution in [0.2, 0.25) is 0 Å². The Balaban J connectivity index is 1.71. The van der Waals surface area contributed by atoms with Crippen LogP contribution in [0.25, 0.3) is 0 Å². The van der Waals surface area contributed by atoms with E-state index in [-0.39, 0.29) is 18.3 Å². The molecule has 1 saturated heterocycles. The molecule has 1 N–H and O–H groups in total. The van der Waals surface area contributed by atoms with E-state index in [9.17, 15) is 14.0 Å². The largest absolute Gasteiger partial charge is 0.376 e. The highest BCUT2D eigenvalue weighted by molar-refractivity contribution is 6.39. The number of nitrogens with zero attached hydrogens (tertiary/aromatic N) is 2. The molecule has 26 heavy (non-hydrogen) atoms. The Kier molecular flexibility index (Phi) is 5.91. The second kappa shape index (κ2) is 8.53. The minimum absolute atomic E-state index is 0.0929. The highest BCUT2D eigenvalue weighted by Crippen LogP contribution is 2.16. The van der Waals surface area contributed by atoms with Crippen molar-refractivity contribution >= 4 is 17.5 Å². The van der Waals surface area contributed by atoms with Crippen LogP contribution in [0.15, 0.2) is 48.7 Å². The lowest BCUT2D eigenvalue weighted by Crippen LogP contribution is -2.43. The Bertz CT molecular complexity index is 764. The van der Waals surface area contributed by atoms with Gasteiger partial charge in [0.2, 0.25) is 0 Å². The lowest BCUT2D eigenvalue weighted by molar-refractivity contribution is -0.144. The van der Waals surface area contributed by atoms with Gasteiger partial charge in [0.1, 0.15) is 5.82 Å². The van der Waals surface area contributed by atoms with Gasteiger partial charge >= 0.3 is 11.8 Å². The first kappa shape index (κ1) is 18.0. The molecule has 0 aliphatic carbocycles. The van der Waals surface area contributed by atoms with Gasteiger partial charge in [0.15, 0.2) is 0 Å². The van der Waals surface area contributed by atoms with Gasteiger partial charge in [0.25, 0.3) is 0 Å². The molecule has 1 atom stereocenters. The summed E-state index contributed by atoms with van der Waals surface area (Å²) in [6.07, 6.45) is 3.32. The topological polar surface area (TPSA) is 71.5 Å². The Morgan fingerprint density at radius 1 is 1.27 bits per heavy atom. The van der Waals surface area contributed by atoms with E-state index in [1.807, 2.05) is 6.07 Å². The summed E-state index contributed by atoms with van der Waals surface area (Å²) in [5, 5.41) is 2.44. The average molecular weight is 357 g/mol. The maximum atomic E-state index is 13.3. The van der Waals surface area contributed by atoms with E-state index in [1.54, 1.807) is 18.3 Å². The number of hydrogen-bond donors (Lipinski definition) is 1. The summed E-state index contributed by atoms with van der Waals surface area (Å²) < 4.78 is 18.9. The van der Waals surface area contributed by atoms with Crippen LogP contribution in [-0.4, -0.2) is 41.0 Å². The molecule has 136 valence electrons. The summed E-state index contributed by atoms with van der Waals surface area (Å²) in [6, 6.07) is 10.8. The Morgan fingerprint density at radius 2 is 2.15 bits per heavy atom. The van der Waals surface area contributed by atoms with Crippen molar-refractivity contribution in [2.75, 3.05) is 18.5 Å². The van der Waals surface area contributed by atoms with Crippen molar-refractivity contribution in [1.82, 2.24) is 9.88 Å². The SMILES string of the molecule is O=C(Nc1cccc(F)c1)C(=O)N(Cc1ccccn1)CC1CCCO1. The van der Waals surface area contributed by atoms with Crippen LogP contribution in [0.3, 0.4) is 0 Å². The Morgan fingerprint density at radius 3 is 2.85 bits per heavy atom. The summed E-state index contributed by atoms with van der Waals surface area (Å²) >= 11 is 0. The standard InChI is InChI=1S/C19H20FN3O3/c20-14-5-3-7-15(11-14)22-18(24)19(25)23(13-17-8-4-10-26-17)12-16-6-1-2-9-21-16/h1-3,5-7,9,11,17H,4,8,10,12-13H2,(H,22,24). The third-order valence-electron chi connectivity index (χ3n) is 4.09. The normalized spacial score (nSPS) is 16.3. The van der Waals surface area contributed by atoms with E-state index in [0.29, 0.717) is 18.8 Å². The fraction of sp³-hybridized carbons (Fsp3) is 0.316. The molecule has 1 aliphatic heterocycles. The summed E-state index contributed by atoms with van der Waals surface area (Å²) in [7, 11) is 0. The first-order valence-electron chi connectivity index (χ1n) is 8.49. The Labute approximate surface area is 151 Å². The van der Waals surface area contributed by atoms with E-state index >= 15 is 0 Å². The van der Waals surface area contributed by atoms with E-state index in [1.165, 1.54) is 23.1 Å². The monoisotopic (exact) mass is 357 g/mol. The lowest BCUT2D eigenvalue weighted by atomic mass is 10.2. The molecule has 6 nitrogen and oxygen atoms in total. The molecular weight excluding hydrogens is 337 g/mol. The van der Waals surface area contributed by atoms with Crippen molar-refractivity contribution in [3.8, 4) is 0 Å². The van der Waals surface area contributed by atoms with E-state index in [0.717, 1.165) is 18.9 Å². The summed E-state index contributed by atoms with van der Waals surface area (Å²) in [4.78, 5) is 30.6. The van der Waals surface area contributed by atoms with Gasteiger partial charge in [-0.15, -0.1) is 0 Å². The van der Waals surface area contributed by atoms with Crippen LogP contribution < -0.4 is 5.32 Å². The number of amides is 2. The number of hydrogen-bond acceptors (Lipinski definition) is 4. The van der Waals surface area contributed by atoms with Crippen molar-refractivity contribution in [2.24, 2.45) is 0 Å². The molecule has 1 aromatic carbocycles. The molecule has 7 heteroatoms. The smallest absolute Gasteiger partial charge is 0.313 e. The van der Waals surface area contributed by atoms with Crippen LogP contribution in [0, 0.1) is 5.82 Å². The number of halogens is 1. The zero-order valence-corrected chi connectivity index (χ0v) is 14.2. The van der Waals surface area contributed by atoms with Gasteiger partial charge in [-0.3, -0.25) is 14.6 Å². The van der Waals surface area contributed by atoms with Gasteiger partial charge in [0.05, 0.1) is 18.3 Å². The summed E-state index contributed by atoms with van der Waals surface area (Å²) in [6.45, 7) is 1.17. The minimum atomic E-state index is -0.815. The molecule has 1 aromatic heterocycles. The number of pyridine rings is 1. The maximum absolute atomic E-state index is 13.3. The molecule has 0 radical (unpaired) electrons. The molecule has 2 aromatic rings. The minimum Gasteiger partial charge on any atom is -0.376 e. The highest BCUT2D eigenvalue weighted by atomic mass is 19.1. The molecule has 1 fully saturated rings. The second-order valence-corrected chi connectivity index (χ2v) is 6.11. The average Bonchev–Trinajstić information content (AvgIpc) is 3.14. The van der Waals surface area contributed by atoms with Crippen molar-refractivity contribution < 1.29 is 18.7 Å². The van der Waals surface area contributed by atoms with Crippen molar-refractivity contribution in [3.63, 3.8) is 0 Å². The number of aromatic nitrogens is 1. The van der Waals surface area contributed by atoms with Gasteiger partial charge in [-0.2, -0.15) is 0 Å². The maximum Gasteiger partial charge on any atom is 0.313 e. The number of benzene rings is 1. The third kappa shape index (κ3) is 4.86.